The van der Waals surface area contributed by atoms with Crippen LogP contribution in [-0.2, 0) is 4.79 Å². The number of rotatable bonds is 10. The Morgan fingerprint density at radius 2 is 1.89 bits per heavy atom. The maximum absolute atomic E-state index is 12.4. The molecule has 2 rings (SSSR count). The standard InChI is InChI=1S/C20H21NO6/c1-25-19-12-17(27-13-20(23)24)7-5-14(19)6-8-18(22)15-3-2-4-16(11-15)26-10-9-21/h2-8,11-12H,9-10,13,21H2,1H3,(H,23,24). The highest BCUT2D eigenvalue weighted by atomic mass is 16.5. The fourth-order valence-electron chi connectivity index (χ4n) is 2.24. The van der Waals surface area contributed by atoms with Crippen LogP contribution in [0.5, 0.6) is 17.2 Å². The highest BCUT2D eigenvalue weighted by Gasteiger charge is 2.07. The lowest BCUT2D eigenvalue weighted by Gasteiger charge is -2.08. The Labute approximate surface area is 157 Å². The molecular formula is C20H21NO6. The van der Waals surface area contributed by atoms with Crippen LogP contribution in [0.15, 0.2) is 48.5 Å². The molecule has 0 amide bonds. The molecule has 7 heteroatoms. The minimum Gasteiger partial charge on any atom is -0.496 e. The molecule has 0 heterocycles. The maximum atomic E-state index is 12.4. The summed E-state index contributed by atoms with van der Waals surface area (Å²) in [5.41, 5.74) is 6.55. The number of ether oxygens (including phenoxy) is 3. The molecule has 0 aliphatic rings. The van der Waals surface area contributed by atoms with Crippen molar-refractivity contribution in [3.05, 3.63) is 59.7 Å². The molecule has 0 fully saturated rings. The van der Waals surface area contributed by atoms with Crippen LogP contribution >= 0.6 is 0 Å². The van der Waals surface area contributed by atoms with Crippen molar-refractivity contribution in [1.29, 1.82) is 0 Å². The molecule has 0 aromatic heterocycles. The van der Waals surface area contributed by atoms with Gasteiger partial charge in [0.05, 0.1) is 7.11 Å². The largest absolute Gasteiger partial charge is 0.496 e. The summed E-state index contributed by atoms with van der Waals surface area (Å²) in [5.74, 6) is 0.143. The molecule has 0 saturated carbocycles. The van der Waals surface area contributed by atoms with E-state index in [1.54, 1.807) is 48.5 Å². The first-order valence-corrected chi connectivity index (χ1v) is 8.21. The maximum Gasteiger partial charge on any atom is 0.341 e. The van der Waals surface area contributed by atoms with Gasteiger partial charge in [0.25, 0.3) is 0 Å². The molecule has 0 bridgehead atoms. The average Bonchev–Trinajstić information content (AvgIpc) is 2.69. The molecule has 142 valence electrons. The van der Waals surface area contributed by atoms with Crippen LogP contribution in [0.4, 0.5) is 0 Å². The summed E-state index contributed by atoms with van der Waals surface area (Å²) in [4.78, 5) is 23.0. The number of allylic oxidation sites excluding steroid dienone is 1. The minimum absolute atomic E-state index is 0.193. The van der Waals surface area contributed by atoms with Crippen LogP contribution in [0, 0.1) is 0 Å². The monoisotopic (exact) mass is 371 g/mol. The average molecular weight is 371 g/mol. The Kier molecular flexibility index (Phi) is 7.39. The first-order chi connectivity index (χ1) is 13.0. The van der Waals surface area contributed by atoms with Crippen molar-refractivity contribution < 1.29 is 28.9 Å². The lowest BCUT2D eigenvalue weighted by molar-refractivity contribution is -0.139. The molecule has 7 nitrogen and oxygen atoms in total. The Morgan fingerprint density at radius 3 is 2.59 bits per heavy atom. The number of carbonyl (C=O) groups is 2. The number of nitrogens with two attached hydrogens (primary N) is 1. The van der Waals surface area contributed by atoms with E-state index in [4.69, 9.17) is 25.1 Å². The first kappa shape index (κ1) is 20.0. The Hall–Kier alpha value is -3.32. The fraction of sp³-hybridized carbons (Fsp3) is 0.200. The van der Waals surface area contributed by atoms with Crippen molar-refractivity contribution in [2.75, 3.05) is 26.9 Å². The predicted octanol–water partition coefficient (Wildman–Crippen LogP) is 2.39. The second-order valence-electron chi connectivity index (χ2n) is 5.45. The van der Waals surface area contributed by atoms with Crippen molar-refractivity contribution >= 4 is 17.8 Å². The summed E-state index contributed by atoms with van der Waals surface area (Å²) in [6.07, 6.45) is 3.05. The summed E-state index contributed by atoms with van der Waals surface area (Å²) in [6, 6.07) is 11.7. The lowest BCUT2D eigenvalue weighted by Crippen LogP contribution is -2.10. The normalized spacial score (nSPS) is 10.6. The van der Waals surface area contributed by atoms with E-state index in [1.807, 2.05) is 0 Å². The van der Waals surface area contributed by atoms with Gasteiger partial charge in [-0.2, -0.15) is 0 Å². The summed E-state index contributed by atoms with van der Waals surface area (Å²) >= 11 is 0. The van der Waals surface area contributed by atoms with Crippen molar-refractivity contribution in [3.8, 4) is 17.2 Å². The van der Waals surface area contributed by atoms with Gasteiger partial charge in [0.15, 0.2) is 12.4 Å². The van der Waals surface area contributed by atoms with E-state index in [2.05, 4.69) is 0 Å². The Balaban J connectivity index is 2.12. The molecule has 0 atom stereocenters. The van der Waals surface area contributed by atoms with Gasteiger partial charge in [0.1, 0.15) is 23.9 Å². The highest BCUT2D eigenvalue weighted by Crippen LogP contribution is 2.26. The third-order valence-corrected chi connectivity index (χ3v) is 3.49. The topological polar surface area (TPSA) is 108 Å². The fourth-order valence-corrected chi connectivity index (χ4v) is 2.24. The number of hydrogen-bond acceptors (Lipinski definition) is 6. The molecule has 0 saturated heterocycles. The van der Waals surface area contributed by atoms with E-state index in [0.717, 1.165) is 0 Å². The van der Waals surface area contributed by atoms with Gasteiger partial charge in [-0.25, -0.2) is 4.79 Å². The molecule has 0 radical (unpaired) electrons. The Morgan fingerprint density at radius 1 is 1.11 bits per heavy atom. The van der Waals surface area contributed by atoms with E-state index in [9.17, 15) is 9.59 Å². The van der Waals surface area contributed by atoms with Gasteiger partial charge >= 0.3 is 5.97 Å². The van der Waals surface area contributed by atoms with Crippen LogP contribution in [0.25, 0.3) is 6.08 Å². The van der Waals surface area contributed by atoms with Gasteiger partial charge in [-0.15, -0.1) is 0 Å². The quantitative estimate of drug-likeness (QED) is 0.488. The van der Waals surface area contributed by atoms with Crippen LogP contribution < -0.4 is 19.9 Å². The molecule has 0 aliphatic heterocycles. The van der Waals surface area contributed by atoms with Gasteiger partial charge in [0.2, 0.25) is 0 Å². The van der Waals surface area contributed by atoms with Crippen molar-refractivity contribution in [2.24, 2.45) is 5.73 Å². The van der Waals surface area contributed by atoms with Crippen molar-refractivity contribution in [2.45, 2.75) is 0 Å². The van der Waals surface area contributed by atoms with Crippen molar-refractivity contribution in [1.82, 2.24) is 0 Å². The molecule has 2 aromatic carbocycles. The molecule has 3 N–H and O–H groups in total. The van der Waals surface area contributed by atoms with Gasteiger partial charge < -0.3 is 25.1 Å². The van der Waals surface area contributed by atoms with Crippen LogP contribution in [0.1, 0.15) is 15.9 Å². The minimum atomic E-state index is -1.07. The second kappa shape index (κ2) is 9.98. The number of carboxylic acid groups (broad SMARTS) is 1. The number of benzene rings is 2. The van der Waals surface area contributed by atoms with Gasteiger partial charge in [-0.3, -0.25) is 4.79 Å². The van der Waals surface area contributed by atoms with Crippen molar-refractivity contribution in [3.63, 3.8) is 0 Å². The molecule has 2 aromatic rings. The number of ketones is 1. The number of hydrogen-bond donors (Lipinski definition) is 2. The second-order valence-corrected chi connectivity index (χ2v) is 5.45. The van der Waals surface area contributed by atoms with E-state index in [1.165, 1.54) is 13.2 Å². The van der Waals surface area contributed by atoms with E-state index in [-0.39, 0.29) is 5.78 Å². The highest BCUT2D eigenvalue weighted by molar-refractivity contribution is 6.07. The van der Waals surface area contributed by atoms with Crippen LogP contribution in [-0.4, -0.2) is 43.7 Å². The van der Waals surface area contributed by atoms with Gasteiger partial charge in [0, 0.05) is 23.7 Å². The zero-order valence-corrected chi connectivity index (χ0v) is 14.9. The summed E-state index contributed by atoms with van der Waals surface area (Å²) < 4.78 is 15.8. The molecule has 27 heavy (non-hydrogen) atoms. The summed E-state index contributed by atoms with van der Waals surface area (Å²) in [7, 11) is 1.48. The molecular weight excluding hydrogens is 350 g/mol. The number of carboxylic acids is 1. The molecule has 0 spiro atoms. The Bertz CT molecular complexity index is 831. The number of aliphatic carboxylic acids is 1. The number of carbonyl (C=O) groups excluding carboxylic acids is 1. The first-order valence-electron chi connectivity index (χ1n) is 8.21. The van der Waals surface area contributed by atoms with Crippen LogP contribution in [0.3, 0.4) is 0 Å². The predicted molar refractivity (Wildman–Crippen MR) is 100 cm³/mol. The lowest BCUT2D eigenvalue weighted by atomic mass is 10.1. The summed E-state index contributed by atoms with van der Waals surface area (Å²) in [6.45, 7) is 0.324. The number of methoxy groups -OCH3 is 1. The SMILES string of the molecule is COc1cc(OCC(=O)O)ccc1C=CC(=O)c1cccc(OCCN)c1. The van der Waals surface area contributed by atoms with Crippen LogP contribution in [0.2, 0.25) is 0 Å². The smallest absolute Gasteiger partial charge is 0.341 e. The van der Waals surface area contributed by atoms with E-state index >= 15 is 0 Å². The zero-order valence-electron chi connectivity index (χ0n) is 14.9. The third-order valence-electron chi connectivity index (χ3n) is 3.49. The van der Waals surface area contributed by atoms with Gasteiger partial charge in [-0.05, 0) is 36.4 Å². The van der Waals surface area contributed by atoms with Gasteiger partial charge in [-0.1, -0.05) is 12.1 Å². The molecule has 0 aliphatic carbocycles. The third kappa shape index (κ3) is 6.16. The molecule has 0 unspecified atom stereocenters. The van der Waals surface area contributed by atoms with E-state index in [0.29, 0.717) is 41.5 Å². The van der Waals surface area contributed by atoms with E-state index < -0.39 is 12.6 Å². The summed E-state index contributed by atoms with van der Waals surface area (Å²) in [5, 5.41) is 8.66. The zero-order chi connectivity index (χ0) is 19.6.